The number of thiazole rings is 1. The standard InChI is InChI=1S/C20H15F2N3O2S/c21-19(22)27-16-7-5-14(6-8-16)10-18(26)25-20-24-12-17(28-20)9-13-1-3-15(11-23)4-2-13/h1-8,12,19H,9-10H2,(H,24,25,26). The zero-order valence-corrected chi connectivity index (χ0v) is 15.4. The Bertz CT molecular complexity index is 980. The van der Waals surface area contributed by atoms with E-state index in [0.29, 0.717) is 22.7 Å². The first kappa shape index (κ1) is 19.5. The van der Waals surface area contributed by atoms with Crippen LogP contribution in [0.2, 0.25) is 0 Å². The van der Waals surface area contributed by atoms with Crippen LogP contribution in [0.3, 0.4) is 0 Å². The van der Waals surface area contributed by atoms with Crippen molar-refractivity contribution < 1.29 is 18.3 Å². The Kier molecular flexibility index (Phi) is 6.29. The quantitative estimate of drug-likeness (QED) is 0.639. The zero-order chi connectivity index (χ0) is 19.9. The van der Waals surface area contributed by atoms with E-state index in [4.69, 9.17) is 5.26 Å². The molecule has 0 unspecified atom stereocenters. The summed E-state index contributed by atoms with van der Waals surface area (Å²) in [6.45, 7) is -2.88. The molecule has 3 rings (SSSR count). The summed E-state index contributed by atoms with van der Waals surface area (Å²) in [6.07, 6.45) is 2.46. The maximum absolute atomic E-state index is 12.2. The molecule has 1 amide bonds. The molecule has 1 N–H and O–H groups in total. The molecular weight excluding hydrogens is 384 g/mol. The average Bonchev–Trinajstić information content (AvgIpc) is 3.10. The number of hydrogen-bond acceptors (Lipinski definition) is 5. The summed E-state index contributed by atoms with van der Waals surface area (Å²) in [4.78, 5) is 17.3. The van der Waals surface area contributed by atoms with E-state index in [0.717, 1.165) is 10.4 Å². The topological polar surface area (TPSA) is 75.0 Å². The molecule has 28 heavy (non-hydrogen) atoms. The second-order valence-corrected chi connectivity index (χ2v) is 6.98. The summed E-state index contributed by atoms with van der Waals surface area (Å²) >= 11 is 1.37. The Morgan fingerprint density at radius 1 is 1.14 bits per heavy atom. The van der Waals surface area contributed by atoms with Crippen LogP contribution < -0.4 is 10.1 Å². The largest absolute Gasteiger partial charge is 0.435 e. The maximum Gasteiger partial charge on any atom is 0.387 e. The molecule has 0 saturated carbocycles. The minimum atomic E-state index is -2.88. The number of benzene rings is 2. The number of carbonyl (C=O) groups excluding carboxylic acids is 1. The summed E-state index contributed by atoms with van der Waals surface area (Å²) in [5.74, 6) is -0.201. The number of halogens is 2. The maximum atomic E-state index is 12.2. The Balaban J connectivity index is 1.54. The molecule has 0 aliphatic carbocycles. The van der Waals surface area contributed by atoms with Crippen molar-refractivity contribution in [3.05, 3.63) is 76.3 Å². The van der Waals surface area contributed by atoms with Gasteiger partial charge >= 0.3 is 6.61 Å². The minimum Gasteiger partial charge on any atom is -0.435 e. The van der Waals surface area contributed by atoms with E-state index >= 15 is 0 Å². The molecule has 1 aromatic heterocycles. The number of amides is 1. The summed E-state index contributed by atoms with van der Waals surface area (Å²) in [5, 5.41) is 12.1. The normalized spacial score (nSPS) is 10.5. The predicted molar refractivity (Wildman–Crippen MR) is 101 cm³/mol. The Morgan fingerprint density at radius 2 is 1.82 bits per heavy atom. The first-order chi connectivity index (χ1) is 13.5. The van der Waals surface area contributed by atoms with Gasteiger partial charge in [-0.15, -0.1) is 11.3 Å². The lowest BCUT2D eigenvalue weighted by molar-refractivity contribution is -0.115. The molecule has 0 fully saturated rings. The summed E-state index contributed by atoms with van der Waals surface area (Å²) in [7, 11) is 0. The van der Waals surface area contributed by atoms with Crippen LogP contribution in [-0.2, 0) is 17.6 Å². The number of ether oxygens (including phenoxy) is 1. The van der Waals surface area contributed by atoms with Gasteiger partial charge in [-0.3, -0.25) is 4.79 Å². The fraction of sp³-hybridized carbons (Fsp3) is 0.150. The van der Waals surface area contributed by atoms with Gasteiger partial charge in [0.25, 0.3) is 0 Å². The van der Waals surface area contributed by atoms with E-state index in [-0.39, 0.29) is 18.1 Å². The summed E-state index contributed by atoms with van der Waals surface area (Å²) in [6, 6.07) is 15.3. The number of alkyl halides is 2. The molecule has 0 saturated heterocycles. The second kappa shape index (κ2) is 9.06. The molecule has 8 heteroatoms. The fourth-order valence-electron chi connectivity index (χ4n) is 2.48. The monoisotopic (exact) mass is 399 g/mol. The third kappa shape index (κ3) is 5.59. The van der Waals surface area contributed by atoms with Gasteiger partial charge in [-0.25, -0.2) is 4.98 Å². The van der Waals surface area contributed by atoms with E-state index in [1.165, 1.54) is 23.5 Å². The van der Waals surface area contributed by atoms with Gasteiger partial charge in [-0.05, 0) is 35.4 Å². The van der Waals surface area contributed by atoms with E-state index in [2.05, 4.69) is 21.1 Å². The zero-order valence-electron chi connectivity index (χ0n) is 14.6. The second-order valence-electron chi connectivity index (χ2n) is 5.86. The van der Waals surface area contributed by atoms with Gasteiger partial charge in [0, 0.05) is 17.5 Å². The highest BCUT2D eigenvalue weighted by Crippen LogP contribution is 2.22. The van der Waals surface area contributed by atoms with Gasteiger partial charge in [-0.1, -0.05) is 24.3 Å². The third-order valence-electron chi connectivity index (χ3n) is 3.77. The lowest BCUT2D eigenvalue weighted by Gasteiger charge is -2.06. The Morgan fingerprint density at radius 3 is 2.46 bits per heavy atom. The number of hydrogen-bond donors (Lipinski definition) is 1. The summed E-state index contributed by atoms with van der Waals surface area (Å²) < 4.78 is 28.6. The van der Waals surface area contributed by atoms with Gasteiger partial charge in [0.05, 0.1) is 18.1 Å². The van der Waals surface area contributed by atoms with E-state index < -0.39 is 6.61 Å². The molecule has 5 nitrogen and oxygen atoms in total. The van der Waals surface area contributed by atoms with Gasteiger partial charge in [0.2, 0.25) is 5.91 Å². The minimum absolute atomic E-state index is 0.0477. The first-order valence-corrected chi connectivity index (χ1v) is 9.11. The van der Waals surface area contributed by atoms with Gasteiger partial charge in [0.15, 0.2) is 5.13 Å². The van der Waals surface area contributed by atoms with Gasteiger partial charge in [0.1, 0.15) is 5.75 Å². The highest BCUT2D eigenvalue weighted by Gasteiger charge is 2.09. The van der Waals surface area contributed by atoms with Crippen molar-refractivity contribution >= 4 is 22.4 Å². The Labute approximate surface area is 164 Å². The number of rotatable bonds is 7. The number of aromatic nitrogens is 1. The molecule has 3 aromatic rings. The smallest absolute Gasteiger partial charge is 0.387 e. The number of carbonyl (C=O) groups is 1. The van der Waals surface area contributed by atoms with E-state index in [1.54, 1.807) is 30.5 Å². The first-order valence-electron chi connectivity index (χ1n) is 8.29. The van der Waals surface area contributed by atoms with Crippen molar-refractivity contribution in [3.8, 4) is 11.8 Å². The van der Waals surface area contributed by atoms with E-state index in [1.807, 2.05) is 12.1 Å². The number of nitrogens with zero attached hydrogens (tertiary/aromatic N) is 2. The molecular formula is C20H15F2N3O2S. The van der Waals surface area contributed by atoms with Crippen LogP contribution in [0.15, 0.2) is 54.7 Å². The SMILES string of the molecule is N#Cc1ccc(Cc2cnc(NC(=O)Cc3ccc(OC(F)F)cc3)s2)cc1. The summed E-state index contributed by atoms with van der Waals surface area (Å²) in [5.41, 5.74) is 2.33. The van der Waals surface area contributed by atoms with Crippen LogP contribution in [0.1, 0.15) is 21.6 Å². The van der Waals surface area contributed by atoms with Crippen LogP contribution in [0.4, 0.5) is 13.9 Å². The molecule has 0 atom stereocenters. The van der Waals surface area contributed by atoms with Crippen molar-refractivity contribution in [1.82, 2.24) is 4.98 Å². The predicted octanol–water partition coefficient (Wildman–Crippen LogP) is 4.39. The number of nitrogens with one attached hydrogen (secondary N) is 1. The molecule has 142 valence electrons. The van der Waals surface area contributed by atoms with Gasteiger partial charge < -0.3 is 10.1 Å². The van der Waals surface area contributed by atoms with Crippen molar-refractivity contribution in [2.24, 2.45) is 0 Å². The van der Waals surface area contributed by atoms with Crippen LogP contribution in [0, 0.1) is 11.3 Å². The molecule has 2 aromatic carbocycles. The van der Waals surface area contributed by atoms with Crippen LogP contribution >= 0.6 is 11.3 Å². The highest BCUT2D eigenvalue weighted by molar-refractivity contribution is 7.15. The fourth-order valence-corrected chi connectivity index (χ4v) is 3.35. The highest BCUT2D eigenvalue weighted by atomic mass is 32.1. The molecule has 0 radical (unpaired) electrons. The van der Waals surface area contributed by atoms with Crippen molar-refractivity contribution in [2.45, 2.75) is 19.5 Å². The lowest BCUT2D eigenvalue weighted by atomic mass is 10.1. The average molecular weight is 399 g/mol. The van der Waals surface area contributed by atoms with Crippen molar-refractivity contribution in [2.75, 3.05) is 5.32 Å². The Hall–Kier alpha value is -3.31. The number of nitriles is 1. The molecule has 0 spiro atoms. The van der Waals surface area contributed by atoms with Crippen LogP contribution in [0.5, 0.6) is 5.75 Å². The molecule has 0 aliphatic rings. The third-order valence-corrected chi connectivity index (χ3v) is 4.69. The van der Waals surface area contributed by atoms with Crippen LogP contribution in [0.25, 0.3) is 0 Å². The molecule has 0 bridgehead atoms. The van der Waals surface area contributed by atoms with Crippen molar-refractivity contribution in [3.63, 3.8) is 0 Å². The van der Waals surface area contributed by atoms with Gasteiger partial charge in [-0.2, -0.15) is 14.0 Å². The van der Waals surface area contributed by atoms with Crippen LogP contribution in [-0.4, -0.2) is 17.5 Å². The van der Waals surface area contributed by atoms with E-state index in [9.17, 15) is 13.6 Å². The number of anilines is 1. The molecule has 1 heterocycles. The van der Waals surface area contributed by atoms with Crippen molar-refractivity contribution in [1.29, 1.82) is 5.26 Å². The molecule has 0 aliphatic heterocycles. The lowest BCUT2D eigenvalue weighted by Crippen LogP contribution is -2.14.